The lowest BCUT2D eigenvalue weighted by Crippen LogP contribution is -2.18. The van der Waals surface area contributed by atoms with Gasteiger partial charge in [-0.1, -0.05) is 6.07 Å². The Bertz CT molecular complexity index is 744. The van der Waals surface area contributed by atoms with Gasteiger partial charge in [0.25, 0.3) is 0 Å². The van der Waals surface area contributed by atoms with Crippen LogP contribution in [0.4, 0.5) is 5.82 Å². The number of anilines is 1. The molecule has 0 aromatic carbocycles. The Morgan fingerprint density at radius 3 is 3.00 bits per heavy atom. The summed E-state index contributed by atoms with van der Waals surface area (Å²) in [7, 11) is 0. The Kier molecular flexibility index (Phi) is 2.21. The molecule has 96 valence electrons. The third-order valence-corrected chi connectivity index (χ3v) is 3.81. The number of hydrogen-bond donors (Lipinski definition) is 1. The highest BCUT2D eigenvalue weighted by Gasteiger charge is 2.28. The van der Waals surface area contributed by atoms with Gasteiger partial charge in [0.1, 0.15) is 11.8 Å². The number of rotatable bonds is 3. The van der Waals surface area contributed by atoms with Gasteiger partial charge >= 0.3 is 0 Å². The minimum atomic E-state index is 0.447. The quantitative estimate of drug-likeness (QED) is 0.779. The van der Waals surface area contributed by atoms with Gasteiger partial charge in [-0.15, -0.1) is 0 Å². The molecule has 19 heavy (non-hydrogen) atoms. The lowest BCUT2D eigenvalue weighted by molar-refractivity contribution is 0.691. The van der Waals surface area contributed by atoms with E-state index in [1.165, 1.54) is 12.8 Å². The van der Waals surface area contributed by atoms with Crippen LogP contribution in [0.5, 0.6) is 0 Å². The Hall–Kier alpha value is -2.17. The SMILES string of the molecule is C[C@H](Nc1ncnc2c1nn1ccccc21)C1CC1. The summed E-state index contributed by atoms with van der Waals surface area (Å²) in [6.07, 6.45) is 6.17. The van der Waals surface area contributed by atoms with Crippen LogP contribution in [0.15, 0.2) is 30.7 Å². The second-order valence-electron chi connectivity index (χ2n) is 5.22. The summed E-state index contributed by atoms with van der Waals surface area (Å²) in [5, 5.41) is 8.06. The largest absolute Gasteiger partial charge is 0.365 e. The molecular formula is C14H15N5. The minimum absolute atomic E-state index is 0.447. The smallest absolute Gasteiger partial charge is 0.158 e. The summed E-state index contributed by atoms with van der Waals surface area (Å²) in [5.41, 5.74) is 2.77. The summed E-state index contributed by atoms with van der Waals surface area (Å²) in [6.45, 7) is 2.21. The van der Waals surface area contributed by atoms with E-state index in [0.29, 0.717) is 6.04 Å². The molecule has 0 bridgehead atoms. The van der Waals surface area contributed by atoms with Crippen LogP contribution in [0.25, 0.3) is 16.6 Å². The van der Waals surface area contributed by atoms with Crippen molar-refractivity contribution in [3.05, 3.63) is 30.7 Å². The van der Waals surface area contributed by atoms with E-state index < -0.39 is 0 Å². The maximum Gasteiger partial charge on any atom is 0.158 e. The van der Waals surface area contributed by atoms with E-state index in [2.05, 4.69) is 27.3 Å². The topological polar surface area (TPSA) is 55.1 Å². The Morgan fingerprint density at radius 1 is 1.26 bits per heavy atom. The highest BCUT2D eigenvalue weighted by molar-refractivity contribution is 5.96. The lowest BCUT2D eigenvalue weighted by Gasteiger charge is -2.12. The second-order valence-corrected chi connectivity index (χ2v) is 5.22. The van der Waals surface area contributed by atoms with E-state index in [4.69, 9.17) is 0 Å². The van der Waals surface area contributed by atoms with E-state index >= 15 is 0 Å². The van der Waals surface area contributed by atoms with Gasteiger partial charge in [-0.05, 0) is 37.8 Å². The van der Waals surface area contributed by atoms with Gasteiger partial charge in [-0.25, -0.2) is 14.5 Å². The van der Waals surface area contributed by atoms with E-state index in [1.54, 1.807) is 6.33 Å². The van der Waals surface area contributed by atoms with E-state index in [9.17, 15) is 0 Å². The predicted molar refractivity (Wildman–Crippen MR) is 74.1 cm³/mol. The van der Waals surface area contributed by atoms with Gasteiger partial charge in [0.15, 0.2) is 11.3 Å². The number of aromatic nitrogens is 4. The molecule has 5 heteroatoms. The zero-order chi connectivity index (χ0) is 12.8. The van der Waals surface area contributed by atoms with Crippen molar-refractivity contribution in [2.24, 2.45) is 5.92 Å². The van der Waals surface area contributed by atoms with Crippen LogP contribution in [0.1, 0.15) is 19.8 Å². The molecule has 1 atom stereocenters. The molecule has 5 nitrogen and oxygen atoms in total. The monoisotopic (exact) mass is 253 g/mol. The number of fused-ring (bicyclic) bond motifs is 3. The summed E-state index contributed by atoms with van der Waals surface area (Å²) in [5.74, 6) is 1.62. The van der Waals surface area contributed by atoms with Crippen LogP contribution in [0.3, 0.4) is 0 Å². The van der Waals surface area contributed by atoms with Crippen molar-refractivity contribution in [1.29, 1.82) is 0 Å². The highest BCUT2D eigenvalue weighted by Crippen LogP contribution is 2.34. The van der Waals surface area contributed by atoms with Gasteiger partial charge < -0.3 is 5.32 Å². The van der Waals surface area contributed by atoms with Gasteiger partial charge in [-0.3, -0.25) is 0 Å². The molecule has 1 fully saturated rings. The maximum absolute atomic E-state index is 4.58. The summed E-state index contributed by atoms with van der Waals surface area (Å²) in [6, 6.07) is 6.43. The molecule has 4 rings (SSSR count). The number of nitrogens with zero attached hydrogens (tertiary/aromatic N) is 4. The van der Waals surface area contributed by atoms with Crippen LogP contribution < -0.4 is 5.32 Å². The molecular weight excluding hydrogens is 238 g/mol. The van der Waals surface area contributed by atoms with Crippen LogP contribution in [-0.2, 0) is 0 Å². The summed E-state index contributed by atoms with van der Waals surface area (Å²) >= 11 is 0. The van der Waals surface area contributed by atoms with Crippen molar-refractivity contribution in [2.45, 2.75) is 25.8 Å². The van der Waals surface area contributed by atoms with E-state index in [0.717, 1.165) is 28.3 Å². The Labute approximate surface area is 110 Å². The first kappa shape index (κ1) is 10.7. The molecule has 1 saturated carbocycles. The predicted octanol–water partition coefficient (Wildman–Crippen LogP) is 2.49. The molecule has 1 aliphatic carbocycles. The standard InChI is InChI=1S/C14H15N5/c1-9(10-5-6-10)17-14-13-12(15-8-16-14)11-4-2-3-7-19(11)18-13/h2-4,7-10H,5-6H2,1H3,(H,15,16,17)/t9-/m0/s1. The molecule has 1 N–H and O–H groups in total. The first-order valence-electron chi connectivity index (χ1n) is 6.67. The Balaban J connectivity index is 1.85. The normalized spacial score (nSPS) is 16.9. The molecule has 0 aliphatic heterocycles. The molecule has 1 aliphatic rings. The van der Waals surface area contributed by atoms with Crippen LogP contribution in [0, 0.1) is 5.92 Å². The molecule has 3 heterocycles. The van der Waals surface area contributed by atoms with Gasteiger partial charge in [0.05, 0.1) is 5.52 Å². The van der Waals surface area contributed by atoms with E-state index in [1.807, 2.05) is 28.9 Å². The van der Waals surface area contributed by atoms with Crippen molar-refractivity contribution in [3.63, 3.8) is 0 Å². The zero-order valence-corrected chi connectivity index (χ0v) is 10.7. The van der Waals surface area contributed by atoms with Crippen molar-refractivity contribution < 1.29 is 0 Å². The van der Waals surface area contributed by atoms with Crippen molar-refractivity contribution in [2.75, 3.05) is 5.32 Å². The fraction of sp³-hybridized carbons (Fsp3) is 0.357. The van der Waals surface area contributed by atoms with Gasteiger partial charge in [0.2, 0.25) is 0 Å². The first-order chi connectivity index (χ1) is 9.33. The van der Waals surface area contributed by atoms with Crippen LogP contribution >= 0.6 is 0 Å². The third kappa shape index (κ3) is 1.73. The van der Waals surface area contributed by atoms with E-state index in [-0.39, 0.29) is 0 Å². The summed E-state index contributed by atoms with van der Waals surface area (Å²) in [4.78, 5) is 8.72. The molecule has 0 spiro atoms. The van der Waals surface area contributed by atoms with Gasteiger partial charge in [0, 0.05) is 12.2 Å². The number of pyridine rings is 1. The average molecular weight is 253 g/mol. The van der Waals surface area contributed by atoms with Crippen LogP contribution in [-0.4, -0.2) is 25.6 Å². The van der Waals surface area contributed by atoms with Crippen LogP contribution in [0.2, 0.25) is 0 Å². The average Bonchev–Trinajstić information content (AvgIpc) is 3.21. The van der Waals surface area contributed by atoms with Crippen molar-refractivity contribution in [1.82, 2.24) is 19.6 Å². The fourth-order valence-corrected chi connectivity index (χ4v) is 2.51. The number of nitrogens with one attached hydrogen (secondary N) is 1. The third-order valence-electron chi connectivity index (χ3n) is 3.81. The molecule has 3 aromatic heterocycles. The first-order valence-corrected chi connectivity index (χ1v) is 6.67. The zero-order valence-electron chi connectivity index (χ0n) is 10.7. The molecule has 0 amide bonds. The number of hydrogen-bond acceptors (Lipinski definition) is 4. The Morgan fingerprint density at radius 2 is 2.16 bits per heavy atom. The molecule has 0 saturated heterocycles. The maximum atomic E-state index is 4.58. The van der Waals surface area contributed by atoms with Crippen molar-refractivity contribution in [3.8, 4) is 0 Å². The fourth-order valence-electron chi connectivity index (χ4n) is 2.51. The molecule has 3 aromatic rings. The molecule has 0 unspecified atom stereocenters. The summed E-state index contributed by atoms with van der Waals surface area (Å²) < 4.78 is 1.85. The molecule has 0 radical (unpaired) electrons. The highest BCUT2D eigenvalue weighted by atomic mass is 15.2. The van der Waals surface area contributed by atoms with Crippen molar-refractivity contribution >= 4 is 22.4 Å². The lowest BCUT2D eigenvalue weighted by atomic mass is 10.2. The minimum Gasteiger partial charge on any atom is -0.365 e. The van der Waals surface area contributed by atoms with Gasteiger partial charge in [-0.2, -0.15) is 5.10 Å². The second kappa shape index (κ2) is 3.91.